The number of hydrogen-bond donors (Lipinski definition) is 0. The molecule has 0 bridgehead atoms. The van der Waals surface area contributed by atoms with E-state index in [1.807, 2.05) is 36.3 Å². The first-order chi connectivity index (χ1) is 13.0. The third-order valence-electron chi connectivity index (χ3n) is 4.14. The third kappa shape index (κ3) is 5.21. The molecule has 0 aliphatic heterocycles. The molecule has 3 rings (SSSR count). The van der Waals surface area contributed by atoms with Gasteiger partial charge in [0.1, 0.15) is 5.82 Å². The van der Waals surface area contributed by atoms with Crippen molar-refractivity contribution < 1.29 is 9.18 Å². The molecule has 3 aromatic rings. The molecular formula is C20H22FN5O. The Labute approximate surface area is 157 Å². The number of hydrogen-bond acceptors (Lipinski definition) is 4. The van der Waals surface area contributed by atoms with Gasteiger partial charge in [-0.3, -0.25) is 14.7 Å². The Kier molecular flexibility index (Phi) is 5.93. The average Bonchev–Trinajstić information content (AvgIpc) is 3.11. The Morgan fingerprint density at radius 1 is 1.11 bits per heavy atom. The number of carbonyl (C=O) groups excluding carboxylic acids is 1. The molecule has 0 unspecified atom stereocenters. The van der Waals surface area contributed by atoms with Crippen LogP contribution in [-0.4, -0.2) is 51.1 Å². The van der Waals surface area contributed by atoms with Crippen LogP contribution in [0.15, 0.2) is 61.1 Å². The summed E-state index contributed by atoms with van der Waals surface area (Å²) in [5, 5.41) is 4.28. The minimum absolute atomic E-state index is 0.0166. The van der Waals surface area contributed by atoms with Crippen LogP contribution in [0.4, 0.5) is 4.39 Å². The summed E-state index contributed by atoms with van der Waals surface area (Å²) in [6.07, 6.45) is 5.30. The number of halogens is 1. The van der Waals surface area contributed by atoms with E-state index in [9.17, 15) is 9.18 Å². The van der Waals surface area contributed by atoms with Crippen molar-refractivity contribution in [2.24, 2.45) is 0 Å². The van der Waals surface area contributed by atoms with Crippen molar-refractivity contribution >= 4 is 5.91 Å². The maximum absolute atomic E-state index is 13.0. The SMILES string of the molecule is CN(CC(=O)N(C)Cc1cnn(-c2ccc(F)cc2)c1)Cc1ccccn1. The Balaban J connectivity index is 1.54. The molecule has 2 heterocycles. The van der Waals surface area contributed by atoms with E-state index >= 15 is 0 Å². The van der Waals surface area contributed by atoms with Crippen LogP contribution in [0.1, 0.15) is 11.3 Å². The normalized spacial score (nSPS) is 11.0. The lowest BCUT2D eigenvalue weighted by molar-refractivity contribution is -0.131. The van der Waals surface area contributed by atoms with Crippen molar-refractivity contribution in [2.45, 2.75) is 13.1 Å². The Morgan fingerprint density at radius 3 is 2.59 bits per heavy atom. The van der Waals surface area contributed by atoms with Crippen molar-refractivity contribution in [3.8, 4) is 5.69 Å². The molecule has 0 radical (unpaired) electrons. The van der Waals surface area contributed by atoms with Gasteiger partial charge < -0.3 is 4.90 Å². The zero-order chi connectivity index (χ0) is 19.2. The van der Waals surface area contributed by atoms with Crippen molar-refractivity contribution in [3.05, 3.63) is 78.1 Å². The second-order valence-corrected chi connectivity index (χ2v) is 6.51. The molecule has 0 atom stereocenters. The summed E-state index contributed by atoms with van der Waals surface area (Å²) < 4.78 is 14.7. The van der Waals surface area contributed by atoms with Gasteiger partial charge in [-0.1, -0.05) is 6.07 Å². The zero-order valence-electron chi connectivity index (χ0n) is 15.4. The van der Waals surface area contributed by atoms with Gasteiger partial charge in [-0.2, -0.15) is 5.10 Å². The van der Waals surface area contributed by atoms with Crippen LogP contribution in [-0.2, 0) is 17.9 Å². The second kappa shape index (κ2) is 8.55. The molecule has 0 N–H and O–H groups in total. The van der Waals surface area contributed by atoms with Crippen LogP contribution >= 0.6 is 0 Å². The van der Waals surface area contributed by atoms with E-state index in [0.717, 1.165) is 16.9 Å². The Bertz CT molecular complexity index is 879. The van der Waals surface area contributed by atoms with E-state index in [4.69, 9.17) is 0 Å². The lowest BCUT2D eigenvalue weighted by Gasteiger charge is -2.21. The van der Waals surface area contributed by atoms with Crippen LogP contribution < -0.4 is 0 Å². The zero-order valence-corrected chi connectivity index (χ0v) is 15.4. The number of carbonyl (C=O) groups is 1. The van der Waals surface area contributed by atoms with Gasteiger partial charge in [0.15, 0.2) is 0 Å². The van der Waals surface area contributed by atoms with Gasteiger partial charge in [-0.15, -0.1) is 0 Å². The molecule has 2 aromatic heterocycles. The van der Waals surface area contributed by atoms with Crippen LogP contribution in [0.25, 0.3) is 5.69 Å². The minimum Gasteiger partial charge on any atom is -0.340 e. The number of aromatic nitrogens is 3. The summed E-state index contributed by atoms with van der Waals surface area (Å²) in [6.45, 7) is 1.37. The summed E-state index contributed by atoms with van der Waals surface area (Å²) in [5.41, 5.74) is 2.60. The maximum atomic E-state index is 13.0. The number of amides is 1. The summed E-state index contributed by atoms with van der Waals surface area (Å²) in [5.74, 6) is -0.269. The van der Waals surface area contributed by atoms with Crippen molar-refractivity contribution in [3.63, 3.8) is 0 Å². The molecule has 27 heavy (non-hydrogen) atoms. The van der Waals surface area contributed by atoms with Crippen LogP contribution in [0, 0.1) is 5.82 Å². The van der Waals surface area contributed by atoms with Gasteiger partial charge in [0, 0.05) is 38.1 Å². The first-order valence-electron chi connectivity index (χ1n) is 8.63. The molecule has 140 valence electrons. The lowest BCUT2D eigenvalue weighted by Crippen LogP contribution is -2.36. The van der Waals surface area contributed by atoms with E-state index in [1.165, 1.54) is 12.1 Å². The van der Waals surface area contributed by atoms with Gasteiger partial charge in [-0.05, 0) is 43.4 Å². The fourth-order valence-corrected chi connectivity index (χ4v) is 2.71. The quantitative estimate of drug-likeness (QED) is 0.644. The molecule has 7 heteroatoms. The summed E-state index contributed by atoms with van der Waals surface area (Å²) >= 11 is 0. The van der Waals surface area contributed by atoms with Gasteiger partial charge in [0.2, 0.25) is 5.91 Å². The monoisotopic (exact) mass is 367 g/mol. The van der Waals surface area contributed by atoms with E-state index < -0.39 is 0 Å². The van der Waals surface area contributed by atoms with Crippen molar-refractivity contribution in [1.82, 2.24) is 24.6 Å². The van der Waals surface area contributed by atoms with Crippen molar-refractivity contribution in [2.75, 3.05) is 20.6 Å². The summed E-state index contributed by atoms with van der Waals surface area (Å²) in [7, 11) is 3.67. The predicted molar refractivity (Wildman–Crippen MR) is 101 cm³/mol. The highest BCUT2D eigenvalue weighted by molar-refractivity contribution is 5.77. The molecular weight excluding hydrogens is 345 g/mol. The molecule has 0 aliphatic rings. The third-order valence-corrected chi connectivity index (χ3v) is 4.14. The summed E-state index contributed by atoms with van der Waals surface area (Å²) in [6, 6.07) is 11.8. The lowest BCUT2D eigenvalue weighted by atomic mass is 10.3. The number of pyridine rings is 1. The van der Waals surface area contributed by atoms with Gasteiger partial charge in [0.25, 0.3) is 0 Å². The number of rotatable bonds is 7. The van der Waals surface area contributed by atoms with E-state index in [0.29, 0.717) is 19.6 Å². The Hall–Kier alpha value is -3.06. The molecule has 0 aliphatic carbocycles. The van der Waals surface area contributed by atoms with Gasteiger partial charge in [-0.25, -0.2) is 9.07 Å². The standard InChI is InChI=1S/C20H22FN5O/c1-24(14-18-5-3-4-10-22-18)15-20(27)25(2)12-16-11-23-26(13-16)19-8-6-17(21)7-9-19/h3-11,13H,12,14-15H2,1-2H3. The maximum Gasteiger partial charge on any atom is 0.236 e. The fourth-order valence-electron chi connectivity index (χ4n) is 2.71. The van der Waals surface area contributed by atoms with E-state index in [1.54, 1.807) is 41.2 Å². The Morgan fingerprint density at radius 2 is 1.89 bits per heavy atom. The highest BCUT2D eigenvalue weighted by atomic mass is 19.1. The van der Waals surface area contributed by atoms with E-state index in [-0.39, 0.29) is 11.7 Å². The highest BCUT2D eigenvalue weighted by Gasteiger charge is 2.14. The number of benzene rings is 1. The molecule has 0 spiro atoms. The highest BCUT2D eigenvalue weighted by Crippen LogP contribution is 2.11. The fraction of sp³-hybridized carbons (Fsp3) is 0.250. The van der Waals surface area contributed by atoms with Crippen LogP contribution in [0.5, 0.6) is 0 Å². The minimum atomic E-state index is -0.286. The topological polar surface area (TPSA) is 54.3 Å². The number of likely N-dealkylation sites (N-methyl/N-ethyl adjacent to an activating group) is 2. The largest absolute Gasteiger partial charge is 0.340 e. The molecule has 6 nitrogen and oxygen atoms in total. The molecule has 0 fully saturated rings. The molecule has 0 saturated heterocycles. The van der Waals surface area contributed by atoms with Crippen LogP contribution in [0.2, 0.25) is 0 Å². The molecule has 0 saturated carbocycles. The van der Waals surface area contributed by atoms with Crippen molar-refractivity contribution in [1.29, 1.82) is 0 Å². The smallest absolute Gasteiger partial charge is 0.236 e. The molecule has 1 amide bonds. The second-order valence-electron chi connectivity index (χ2n) is 6.51. The summed E-state index contributed by atoms with van der Waals surface area (Å²) in [4.78, 5) is 20.3. The van der Waals surface area contributed by atoms with Gasteiger partial charge in [0.05, 0.1) is 24.1 Å². The molecule has 1 aromatic carbocycles. The first kappa shape index (κ1) is 18.7. The predicted octanol–water partition coefficient (Wildman–Crippen LogP) is 2.50. The van der Waals surface area contributed by atoms with Crippen LogP contribution in [0.3, 0.4) is 0 Å². The number of nitrogens with zero attached hydrogens (tertiary/aromatic N) is 5. The van der Waals surface area contributed by atoms with Gasteiger partial charge >= 0.3 is 0 Å². The van der Waals surface area contributed by atoms with E-state index in [2.05, 4.69) is 10.1 Å². The first-order valence-corrected chi connectivity index (χ1v) is 8.63. The average molecular weight is 367 g/mol.